The van der Waals surface area contributed by atoms with E-state index >= 15 is 0 Å². The largest absolute Gasteiger partial charge is 0.462 e. The van der Waals surface area contributed by atoms with Crippen LogP contribution < -0.4 is 0 Å². The van der Waals surface area contributed by atoms with Gasteiger partial charge in [0.25, 0.3) is 0 Å². The van der Waals surface area contributed by atoms with Gasteiger partial charge in [-0.25, -0.2) is 0 Å². The molecule has 0 amide bonds. The average Bonchev–Trinajstić information content (AvgIpc) is 3.28. The number of carbonyl (C=O) groups excluding carboxylic acids is 3. The van der Waals surface area contributed by atoms with Crippen LogP contribution in [0.25, 0.3) is 0 Å². The van der Waals surface area contributed by atoms with Crippen LogP contribution in [-0.2, 0) is 28.6 Å². The monoisotopic (exact) mass is 905 g/mol. The Balaban J connectivity index is 4.17. The highest BCUT2D eigenvalue weighted by Crippen LogP contribution is 2.18. The Bertz CT molecular complexity index is 964. The minimum Gasteiger partial charge on any atom is -0.462 e. The Hall–Kier alpha value is -1.59. The number of unbranched alkanes of at least 4 members (excludes halogenated alkanes) is 40. The minimum atomic E-state index is -0.760. The fourth-order valence-corrected chi connectivity index (χ4v) is 8.92. The molecule has 380 valence electrons. The smallest absolute Gasteiger partial charge is 0.306 e. The molecule has 0 aliphatic heterocycles. The highest BCUT2D eigenvalue weighted by atomic mass is 16.6. The topological polar surface area (TPSA) is 78.9 Å². The van der Waals surface area contributed by atoms with Gasteiger partial charge in [-0.05, 0) is 25.2 Å². The summed E-state index contributed by atoms with van der Waals surface area (Å²) in [7, 11) is 0. The molecule has 64 heavy (non-hydrogen) atoms. The normalized spacial score (nSPS) is 12.0. The third kappa shape index (κ3) is 51.4. The fourth-order valence-electron chi connectivity index (χ4n) is 8.92. The van der Waals surface area contributed by atoms with Gasteiger partial charge in [0.2, 0.25) is 0 Å². The molecule has 0 aliphatic rings. The molecule has 0 rings (SSSR count). The van der Waals surface area contributed by atoms with Crippen molar-refractivity contribution in [3.05, 3.63) is 0 Å². The lowest BCUT2D eigenvalue weighted by Crippen LogP contribution is -2.30. The molecule has 6 heteroatoms. The lowest BCUT2D eigenvalue weighted by atomic mass is 10.0. The number of ether oxygens (including phenoxy) is 3. The predicted octanol–water partition coefficient (Wildman–Crippen LogP) is 19.0. The molecule has 0 aromatic heterocycles. The van der Waals surface area contributed by atoms with E-state index in [9.17, 15) is 14.4 Å². The van der Waals surface area contributed by atoms with Crippen LogP contribution in [0.2, 0.25) is 0 Å². The van der Waals surface area contributed by atoms with Crippen LogP contribution in [0.3, 0.4) is 0 Å². The van der Waals surface area contributed by atoms with Crippen molar-refractivity contribution in [1.29, 1.82) is 0 Å². The zero-order valence-corrected chi connectivity index (χ0v) is 43.8. The highest BCUT2D eigenvalue weighted by Gasteiger charge is 2.19. The molecule has 0 bridgehead atoms. The van der Waals surface area contributed by atoms with Crippen molar-refractivity contribution in [1.82, 2.24) is 0 Å². The minimum absolute atomic E-state index is 0.0622. The number of rotatable bonds is 53. The van der Waals surface area contributed by atoms with Gasteiger partial charge < -0.3 is 14.2 Å². The van der Waals surface area contributed by atoms with Crippen molar-refractivity contribution in [3.63, 3.8) is 0 Å². The van der Waals surface area contributed by atoms with Crippen LogP contribution >= 0.6 is 0 Å². The van der Waals surface area contributed by atoms with Crippen LogP contribution in [0, 0.1) is 5.92 Å². The standard InChI is InChI=1S/C58H112O6/c1-5-7-9-11-13-15-16-17-18-19-20-24-27-30-34-37-41-45-49-56(59)62-52-55(64-58(61)51-47-43-39-32-14-12-10-8-6-2)53-63-57(60)50-46-42-38-35-31-28-25-22-21-23-26-29-33-36-40-44-48-54(3)4/h54-55H,5-53H2,1-4H3/t55-/m0/s1. The first kappa shape index (κ1) is 62.4. The van der Waals surface area contributed by atoms with E-state index in [-0.39, 0.29) is 31.1 Å². The fraction of sp³-hybridized carbons (Fsp3) is 0.948. The maximum Gasteiger partial charge on any atom is 0.306 e. The summed E-state index contributed by atoms with van der Waals surface area (Å²) in [6.07, 6.45) is 56.7. The molecule has 0 fully saturated rings. The van der Waals surface area contributed by atoms with Crippen LogP contribution in [0.15, 0.2) is 0 Å². The summed E-state index contributed by atoms with van der Waals surface area (Å²) in [6, 6.07) is 0. The molecule has 0 saturated heterocycles. The Morgan fingerprint density at radius 1 is 0.297 bits per heavy atom. The summed E-state index contributed by atoms with van der Waals surface area (Å²) in [5.74, 6) is 0.0136. The van der Waals surface area contributed by atoms with Gasteiger partial charge in [0.15, 0.2) is 6.10 Å². The van der Waals surface area contributed by atoms with E-state index in [0.717, 1.165) is 63.7 Å². The second-order valence-corrected chi connectivity index (χ2v) is 20.4. The maximum absolute atomic E-state index is 12.8. The van der Waals surface area contributed by atoms with Crippen LogP contribution in [0.4, 0.5) is 0 Å². The lowest BCUT2D eigenvalue weighted by molar-refractivity contribution is -0.167. The van der Waals surface area contributed by atoms with Gasteiger partial charge in [0, 0.05) is 19.3 Å². The quantitative estimate of drug-likeness (QED) is 0.0344. The van der Waals surface area contributed by atoms with E-state index in [2.05, 4.69) is 27.7 Å². The molecular weight excluding hydrogens is 793 g/mol. The molecule has 0 aliphatic carbocycles. The summed E-state index contributed by atoms with van der Waals surface area (Å²) in [5.41, 5.74) is 0. The Morgan fingerprint density at radius 2 is 0.516 bits per heavy atom. The van der Waals surface area contributed by atoms with E-state index in [1.54, 1.807) is 0 Å². The van der Waals surface area contributed by atoms with Crippen molar-refractivity contribution >= 4 is 17.9 Å². The average molecular weight is 906 g/mol. The number of hydrogen-bond acceptors (Lipinski definition) is 6. The van der Waals surface area contributed by atoms with Gasteiger partial charge in [-0.15, -0.1) is 0 Å². The zero-order chi connectivity index (χ0) is 46.7. The van der Waals surface area contributed by atoms with E-state index in [1.807, 2.05) is 0 Å². The first-order valence-corrected chi connectivity index (χ1v) is 28.9. The molecule has 0 N–H and O–H groups in total. The van der Waals surface area contributed by atoms with Crippen molar-refractivity contribution < 1.29 is 28.6 Å². The Morgan fingerprint density at radius 3 is 0.766 bits per heavy atom. The molecule has 0 aromatic carbocycles. The van der Waals surface area contributed by atoms with Crippen LogP contribution in [0.1, 0.15) is 329 Å². The van der Waals surface area contributed by atoms with Gasteiger partial charge in [0.1, 0.15) is 13.2 Å². The van der Waals surface area contributed by atoms with Gasteiger partial charge >= 0.3 is 17.9 Å². The van der Waals surface area contributed by atoms with Crippen molar-refractivity contribution in [2.45, 2.75) is 336 Å². The Labute approximate surface area is 399 Å². The maximum atomic E-state index is 12.8. The number of esters is 3. The van der Waals surface area contributed by atoms with Crippen LogP contribution in [0.5, 0.6) is 0 Å². The van der Waals surface area contributed by atoms with Crippen LogP contribution in [-0.4, -0.2) is 37.2 Å². The highest BCUT2D eigenvalue weighted by molar-refractivity contribution is 5.71. The summed E-state index contributed by atoms with van der Waals surface area (Å²) in [4.78, 5) is 38.0. The summed E-state index contributed by atoms with van der Waals surface area (Å²) in [5, 5.41) is 0. The van der Waals surface area contributed by atoms with Gasteiger partial charge in [-0.3, -0.25) is 14.4 Å². The van der Waals surface area contributed by atoms with Gasteiger partial charge in [-0.1, -0.05) is 291 Å². The molecule has 0 unspecified atom stereocenters. The molecular formula is C58H112O6. The molecule has 0 heterocycles. The first-order chi connectivity index (χ1) is 31.4. The molecule has 0 saturated carbocycles. The van der Waals surface area contributed by atoms with E-state index in [0.29, 0.717) is 19.3 Å². The second-order valence-electron chi connectivity index (χ2n) is 20.4. The summed E-state index contributed by atoms with van der Waals surface area (Å²) < 4.78 is 16.8. The molecule has 0 aromatic rings. The van der Waals surface area contributed by atoms with Crippen molar-refractivity contribution in [2.75, 3.05) is 13.2 Å². The summed E-state index contributed by atoms with van der Waals surface area (Å²) >= 11 is 0. The number of carbonyl (C=O) groups is 3. The third-order valence-electron chi connectivity index (χ3n) is 13.3. The van der Waals surface area contributed by atoms with E-state index in [4.69, 9.17) is 14.2 Å². The summed E-state index contributed by atoms with van der Waals surface area (Å²) in [6.45, 7) is 9.05. The molecule has 1 atom stereocenters. The van der Waals surface area contributed by atoms with E-state index in [1.165, 1.54) is 225 Å². The van der Waals surface area contributed by atoms with Crippen molar-refractivity contribution in [2.24, 2.45) is 5.92 Å². The van der Waals surface area contributed by atoms with E-state index < -0.39 is 6.10 Å². The first-order valence-electron chi connectivity index (χ1n) is 28.9. The molecule has 6 nitrogen and oxygen atoms in total. The Kier molecular flexibility index (Phi) is 51.1. The zero-order valence-electron chi connectivity index (χ0n) is 43.8. The third-order valence-corrected chi connectivity index (χ3v) is 13.3. The van der Waals surface area contributed by atoms with Gasteiger partial charge in [0.05, 0.1) is 0 Å². The second kappa shape index (κ2) is 52.4. The predicted molar refractivity (Wildman–Crippen MR) is 275 cm³/mol. The molecule has 0 radical (unpaired) electrons. The number of hydrogen-bond donors (Lipinski definition) is 0. The lowest BCUT2D eigenvalue weighted by Gasteiger charge is -2.18. The SMILES string of the molecule is CCCCCCCCCCCCCCCCCCCCC(=O)OC[C@@H](COC(=O)CCCCCCCCCCCCCCCCCCC(C)C)OC(=O)CCCCCCCCCCC. The van der Waals surface area contributed by atoms with Crippen molar-refractivity contribution in [3.8, 4) is 0 Å². The molecule has 0 spiro atoms. The van der Waals surface area contributed by atoms with Gasteiger partial charge in [-0.2, -0.15) is 0 Å².